The molecule has 0 unspecified atom stereocenters. The molecule has 0 aliphatic rings. The van der Waals surface area contributed by atoms with Gasteiger partial charge in [0, 0.05) is 18.7 Å². The van der Waals surface area contributed by atoms with Gasteiger partial charge in [-0.05, 0) is 61.4 Å². The fourth-order valence-corrected chi connectivity index (χ4v) is 4.11. The third-order valence-corrected chi connectivity index (χ3v) is 5.98. The van der Waals surface area contributed by atoms with Crippen molar-refractivity contribution in [1.82, 2.24) is 9.13 Å². The number of aromatic nitrogens is 2. The summed E-state index contributed by atoms with van der Waals surface area (Å²) in [5.74, 6) is -0.629. The number of hydrogen-bond acceptors (Lipinski definition) is 5. The van der Waals surface area contributed by atoms with E-state index in [9.17, 15) is 23.6 Å². The maximum absolute atomic E-state index is 13.3. The van der Waals surface area contributed by atoms with Crippen LogP contribution in [0.15, 0.2) is 82.4 Å². The molecule has 196 valence electrons. The molecule has 3 aromatic carbocycles. The van der Waals surface area contributed by atoms with Crippen LogP contribution in [-0.4, -0.2) is 28.1 Å². The minimum atomic E-state index is -0.611. The van der Waals surface area contributed by atoms with Crippen molar-refractivity contribution in [3.8, 4) is 5.75 Å². The number of nitrogens with one attached hydrogen (secondary N) is 2. The van der Waals surface area contributed by atoms with E-state index in [0.717, 1.165) is 4.57 Å². The quantitative estimate of drug-likeness (QED) is 0.311. The summed E-state index contributed by atoms with van der Waals surface area (Å²) in [7, 11) is 1.49. The lowest BCUT2D eigenvalue weighted by atomic mass is 10.2. The van der Waals surface area contributed by atoms with Gasteiger partial charge in [0.25, 0.3) is 5.56 Å². The molecule has 0 saturated carbocycles. The molecule has 4 aromatic rings. The summed E-state index contributed by atoms with van der Waals surface area (Å²) in [5.41, 5.74) is 0.232. The van der Waals surface area contributed by atoms with E-state index in [4.69, 9.17) is 4.74 Å². The van der Waals surface area contributed by atoms with Gasteiger partial charge in [-0.1, -0.05) is 24.3 Å². The van der Waals surface area contributed by atoms with Crippen LogP contribution in [0.3, 0.4) is 0 Å². The maximum atomic E-state index is 13.3. The standard InChI is InChI=1S/C28H27FN4O5/c1-38-24-11-5-3-9-22(24)31-26(35)18-33-23-10-4-2-8-21(23)27(36)32(28(33)37)17-7-6-12-25(34)30-20-15-13-19(29)14-16-20/h2-5,8-11,13-16H,6-7,12,17-18H2,1H3,(H,30,34)(H,31,35). The number of benzene rings is 3. The van der Waals surface area contributed by atoms with Crippen LogP contribution in [0.25, 0.3) is 10.9 Å². The topological polar surface area (TPSA) is 111 Å². The first-order valence-corrected chi connectivity index (χ1v) is 12.1. The number of amides is 2. The number of nitrogens with zero attached hydrogens (tertiary/aromatic N) is 2. The van der Waals surface area contributed by atoms with Crippen LogP contribution in [0.2, 0.25) is 0 Å². The van der Waals surface area contributed by atoms with Gasteiger partial charge in [-0.15, -0.1) is 0 Å². The number of halogens is 1. The normalized spacial score (nSPS) is 10.8. The zero-order chi connectivity index (χ0) is 27.1. The Hall–Kier alpha value is -4.73. The van der Waals surface area contributed by atoms with Gasteiger partial charge >= 0.3 is 5.69 Å². The molecule has 38 heavy (non-hydrogen) atoms. The van der Waals surface area contributed by atoms with Crippen molar-refractivity contribution < 1.29 is 18.7 Å². The van der Waals surface area contributed by atoms with E-state index in [2.05, 4.69) is 10.6 Å². The molecular weight excluding hydrogens is 491 g/mol. The first-order chi connectivity index (χ1) is 18.4. The summed E-state index contributed by atoms with van der Waals surface area (Å²) < 4.78 is 20.7. The molecule has 9 nitrogen and oxygen atoms in total. The SMILES string of the molecule is COc1ccccc1NC(=O)Cn1c(=O)n(CCCCC(=O)Nc2ccc(F)cc2)c(=O)c2ccccc21. The molecule has 0 fully saturated rings. The Morgan fingerprint density at radius 2 is 1.55 bits per heavy atom. The van der Waals surface area contributed by atoms with Crippen LogP contribution < -0.4 is 26.6 Å². The number of anilines is 2. The number of methoxy groups -OCH3 is 1. The second-order valence-corrected chi connectivity index (χ2v) is 8.60. The maximum Gasteiger partial charge on any atom is 0.331 e. The second kappa shape index (κ2) is 12.0. The van der Waals surface area contributed by atoms with E-state index >= 15 is 0 Å². The molecule has 4 rings (SSSR count). The van der Waals surface area contributed by atoms with Crippen molar-refractivity contribution in [2.24, 2.45) is 0 Å². The Balaban J connectivity index is 1.48. The second-order valence-electron chi connectivity index (χ2n) is 8.60. The monoisotopic (exact) mass is 518 g/mol. The lowest BCUT2D eigenvalue weighted by Crippen LogP contribution is -2.41. The number of carbonyl (C=O) groups excluding carboxylic acids is 2. The van der Waals surface area contributed by atoms with Gasteiger partial charge in [0.05, 0.1) is 23.7 Å². The van der Waals surface area contributed by atoms with Crippen molar-refractivity contribution in [2.75, 3.05) is 17.7 Å². The number of para-hydroxylation sites is 3. The molecule has 1 heterocycles. The molecule has 0 saturated heterocycles. The van der Waals surface area contributed by atoms with Gasteiger partial charge in [0.15, 0.2) is 0 Å². The van der Waals surface area contributed by atoms with Crippen LogP contribution in [0.5, 0.6) is 5.75 Å². The minimum absolute atomic E-state index is 0.0838. The summed E-state index contributed by atoms with van der Waals surface area (Å²) in [6.45, 7) is -0.224. The predicted molar refractivity (Wildman–Crippen MR) is 143 cm³/mol. The third kappa shape index (κ3) is 6.15. The first kappa shape index (κ1) is 26.3. The van der Waals surface area contributed by atoms with Crippen LogP contribution in [0, 0.1) is 5.82 Å². The zero-order valence-electron chi connectivity index (χ0n) is 20.8. The summed E-state index contributed by atoms with van der Waals surface area (Å²) in [4.78, 5) is 51.5. The lowest BCUT2D eigenvalue weighted by molar-refractivity contribution is -0.117. The first-order valence-electron chi connectivity index (χ1n) is 12.1. The molecule has 0 bridgehead atoms. The Morgan fingerprint density at radius 3 is 2.32 bits per heavy atom. The van der Waals surface area contributed by atoms with Crippen LogP contribution in [-0.2, 0) is 22.7 Å². The number of unbranched alkanes of at least 4 members (excludes halogenated alkanes) is 1. The summed E-state index contributed by atoms with van der Waals surface area (Å²) in [6.07, 6.45) is 0.965. The highest BCUT2D eigenvalue weighted by Crippen LogP contribution is 2.23. The molecule has 0 radical (unpaired) electrons. The Labute approximate surface area is 217 Å². The van der Waals surface area contributed by atoms with Gasteiger partial charge in [-0.3, -0.25) is 23.5 Å². The number of fused-ring (bicyclic) bond motifs is 1. The van der Waals surface area contributed by atoms with Crippen LogP contribution in [0.4, 0.5) is 15.8 Å². The van der Waals surface area contributed by atoms with E-state index < -0.39 is 23.0 Å². The van der Waals surface area contributed by atoms with Gasteiger partial charge in [0.1, 0.15) is 18.1 Å². The van der Waals surface area contributed by atoms with E-state index in [-0.39, 0.29) is 25.4 Å². The summed E-state index contributed by atoms with van der Waals surface area (Å²) in [6, 6.07) is 19.0. The van der Waals surface area contributed by atoms with Crippen molar-refractivity contribution in [3.05, 3.63) is 99.5 Å². The fraction of sp³-hybridized carbons (Fsp3) is 0.214. The van der Waals surface area contributed by atoms with Gasteiger partial charge in [0.2, 0.25) is 11.8 Å². The molecule has 1 aromatic heterocycles. The molecular formula is C28H27FN4O5. The van der Waals surface area contributed by atoms with Gasteiger partial charge in [-0.25, -0.2) is 9.18 Å². The Morgan fingerprint density at radius 1 is 0.842 bits per heavy atom. The molecule has 0 aliphatic carbocycles. The fourth-order valence-electron chi connectivity index (χ4n) is 4.11. The van der Waals surface area contributed by atoms with Crippen LogP contribution in [0.1, 0.15) is 19.3 Å². The predicted octanol–water partition coefficient (Wildman–Crippen LogP) is 3.76. The molecule has 0 aliphatic heterocycles. The third-order valence-electron chi connectivity index (χ3n) is 5.98. The molecule has 0 spiro atoms. The lowest BCUT2D eigenvalue weighted by Gasteiger charge is -2.15. The molecule has 0 atom stereocenters. The largest absolute Gasteiger partial charge is 0.495 e. The minimum Gasteiger partial charge on any atom is -0.495 e. The van der Waals surface area contributed by atoms with Crippen molar-refractivity contribution in [1.29, 1.82) is 0 Å². The Kier molecular flexibility index (Phi) is 8.32. The molecule has 10 heteroatoms. The van der Waals surface area contributed by atoms with Crippen molar-refractivity contribution in [3.63, 3.8) is 0 Å². The molecule has 2 N–H and O–H groups in total. The summed E-state index contributed by atoms with van der Waals surface area (Å²) >= 11 is 0. The van der Waals surface area contributed by atoms with E-state index in [1.54, 1.807) is 48.5 Å². The van der Waals surface area contributed by atoms with E-state index in [0.29, 0.717) is 40.9 Å². The van der Waals surface area contributed by atoms with Crippen molar-refractivity contribution in [2.45, 2.75) is 32.4 Å². The summed E-state index contributed by atoms with van der Waals surface area (Å²) in [5, 5.41) is 5.74. The van der Waals surface area contributed by atoms with Gasteiger partial charge in [-0.2, -0.15) is 0 Å². The van der Waals surface area contributed by atoms with Crippen LogP contribution >= 0.6 is 0 Å². The number of rotatable bonds is 10. The Bertz CT molecular complexity index is 1580. The van der Waals surface area contributed by atoms with E-state index in [1.165, 1.54) is 35.9 Å². The smallest absolute Gasteiger partial charge is 0.331 e. The average molecular weight is 519 g/mol. The highest BCUT2D eigenvalue weighted by atomic mass is 19.1. The highest BCUT2D eigenvalue weighted by molar-refractivity contribution is 5.93. The van der Waals surface area contributed by atoms with Gasteiger partial charge < -0.3 is 15.4 Å². The average Bonchev–Trinajstić information content (AvgIpc) is 2.92. The van der Waals surface area contributed by atoms with Crippen molar-refractivity contribution >= 4 is 34.1 Å². The van der Waals surface area contributed by atoms with E-state index in [1.807, 2.05) is 0 Å². The number of ether oxygens (including phenoxy) is 1. The highest BCUT2D eigenvalue weighted by Gasteiger charge is 2.16. The molecule has 2 amide bonds. The zero-order valence-corrected chi connectivity index (χ0v) is 20.8. The number of hydrogen-bond donors (Lipinski definition) is 2. The number of carbonyl (C=O) groups is 2.